The van der Waals surface area contributed by atoms with Crippen LogP contribution in [-0.4, -0.2) is 0 Å². The summed E-state index contributed by atoms with van der Waals surface area (Å²) in [5, 5.41) is 0.759. The van der Waals surface area contributed by atoms with E-state index in [9.17, 15) is 0 Å². The van der Waals surface area contributed by atoms with Crippen molar-refractivity contribution in [3.8, 4) is 0 Å². The Morgan fingerprint density at radius 1 is 1.05 bits per heavy atom. The molecule has 2 aromatic rings. The molecule has 0 amide bonds. The van der Waals surface area contributed by atoms with Crippen LogP contribution in [0.4, 0.5) is 0 Å². The molecule has 0 aromatic heterocycles. The zero-order valence-corrected chi connectivity index (χ0v) is 12.4. The second-order valence-electron chi connectivity index (χ2n) is 4.78. The minimum Gasteiger partial charge on any atom is -0.296 e. The molecular formula is C17H20ClNO. The fourth-order valence-corrected chi connectivity index (χ4v) is 2.20. The number of hydroxylamine groups is 1. The maximum absolute atomic E-state index is 5.93. The SMILES string of the molecule is CCCC(NOCc1ccccc1)c1ccc(Cl)cc1. The second-order valence-corrected chi connectivity index (χ2v) is 5.22. The number of hydrogen-bond donors (Lipinski definition) is 1. The molecule has 0 aliphatic heterocycles. The van der Waals surface area contributed by atoms with E-state index in [0.717, 1.165) is 23.4 Å². The molecule has 0 aliphatic rings. The highest BCUT2D eigenvalue weighted by Gasteiger charge is 2.10. The molecule has 1 N–H and O–H groups in total. The van der Waals surface area contributed by atoms with E-state index in [1.54, 1.807) is 0 Å². The lowest BCUT2D eigenvalue weighted by molar-refractivity contribution is 0.000813. The normalized spacial score (nSPS) is 12.3. The Hall–Kier alpha value is -1.35. The van der Waals surface area contributed by atoms with Crippen molar-refractivity contribution < 1.29 is 4.84 Å². The van der Waals surface area contributed by atoms with Gasteiger partial charge in [0.2, 0.25) is 0 Å². The summed E-state index contributed by atoms with van der Waals surface area (Å²) in [6.07, 6.45) is 2.12. The molecule has 0 aliphatic carbocycles. The van der Waals surface area contributed by atoms with Crippen molar-refractivity contribution in [2.45, 2.75) is 32.4 Å². The maximum atomic E-state index is 5.93. The molecule has 20 heavy (non-hydrogen) atoms. The van der Waals surface area contributed by atoms with E-state index in [4.69, 9.17) is 16.4 Å². The van der Waals surface area contributed by atoms with E-state index in [0.29, 0.717) is 6.61 Å². The zero-order valence-electron chi connectivity index (χ0n) is 11.7. The molecule has 0 fully saturated rings. The first-order valence-corrected chi connectivity index (χ1v) is 7.34. The van der Waals surface area contributed by atoms with Crippen LogP contribution in [0, 0.1) is 0 Å². The lowest BCUT2D eigenvalue weighted by atomic mass is 10.0. The molecule has 2 rings (SSSR count). The highest BCUT2D eigenvalue weighted by atomic mass is 35.5. The van der Waals surface area contributed by atoms with Crippen molar-refractivity contribution in [1.29, 1.82) is 0 Å². The van der Waals surface area contributed by atoms with Crippen LogP contribution in [0.25, 0.3) is 0 Å². The third-order valence-electron chi connectivity index (χ3n) is 3.16. The highest BCUT2D eigenvalue weighted by Crippen LogP contribution is 2.20. The summed E-state index contributed by atoms with van der Waals surface area (Å²) in [6.45, 7) is 2.73. The smallest absolute Gasteiger partial charge is 0.0933 e. The van der Waals surface area contributed by atoms with E-state index in [1.165, 1.54) is 5.56 Å². The summed E-state index contributed by atoms with van der Waals surface area (Å²) >= 11 is 5.93. The summed E-state index contributed by atoms with van der Waals surface area (Å²) in [7, 11) is 0. The van der Waals surface area contributed by atoms with Gasteiger partial charge in [0.25, 0.3) is 0 Å². The molecule has 1 atom stereocenters. The van der Waals surface area contributed by atoms with Crippen molar-refractivity contribution in [3.63, 3.8) is 0 Å². The standard InChI is InChI=1S/C17H20ClNO/c1-2-6-17(15-9-11-16(18)12-10-15)19-20-13-14-7-4-3-5-8-14/h3-5,7-12,17,19H,2,6,13H2,1H3. The number of benzene rings is 2. The fraction of sp³-hybridized carbons (Fsp3) is 0.294. The Morgan fingerprint density at radius 3 is 2.40 bits per heavy atom. The van der Waals surface area contributed by atoms with Gasteiger partial charge < -0.3 is 0 Å². The number of hydrogen-bond acceptors (Lipinski definition) is 2. The van der Waals surface area contributed by atoms with Crippen molar-refractivity contribution >= 4 is 11.6 Å². The first-order valence-electron chi connectivity index (χ1n) is 6.96. The van der Waals surface area contributed by atoms with Crippen LogP contribution in [-0.2, 0) is 11.4 Å². The molecular weight excluding hydrogens is 270 g/mol. The molecule has 2 aromatic carbocycles. The fourth-order valence-electron chi connectivity index (χ4n) is 2.08. The Kier molecular flexibility index (Phi) is 6.06. The largest absolute Gasteiger partial charge is 0.296 e. The minimum atomic E-state index is 0.195. The van der Waals surface area contributed by atoms with E-state index >= 15 is 0 Å². The highest BCUT2D eigenvalue weighted by molar-refractivity contribution is 6.30. The van der Waals surface area contributed by atoms with Crippen LogP contribution in [0.5, 0.6) is 0 Å². The van der Waals surface area contributed by atoms with E-state index in [-0.39, 0.29) is 6.04 Å². The minimum absolute atomic E-state index is 0.195. The molecule has 0 bridgehead atoms. The van der Waals surface area contributed by atoms with Crippen LogP contribution in [0.3, 0.4) is 0 Å². The van der Waals surface area contributed by atoms with Crippen LogP contribution in [0.1, 0.15) is 36.9 Å². The average molecular weight is 290 g/mol. The van der Waals surface area contributed by atoms with E-state index < -0.39 is 0 Å². The van der Waals surface area contributed by atoms with E-state index in [2.05, 4.69) is 24.5 Å². The quantitative estimate of drug-likeness (QED) is 0.732. The molecule has 1 unspecified atom stereocenters. The van der Waals surface area contributed by atoms with Crippen molar-refractivity contribution in [1.82, 2.24) is 5.48 Å². The van der Waals surface area contributed by atoms with Gasteiger partial charge in [-0.3, -0.25) is 4.84 Å². The molecule has 0 saturated carbocycles. The molecule has 3 heteroatoms. The predicted octanol–water partition coefficient (Wildman–Crippen LogP) is 4.90. The third kappa shape index (κ3) is 4.64. The van der Waals surface area contributed by atoms with Gasteiger partial charge in [-0.05, 0) is 29.7 Å². The Balaban J connectivity index is 1.90. The first-order chi connectivity index (χ1) is 9.79. The number of halogens is 1. The van der Waals surface area contributed by atoms with Crippen LogP contribution < -0.4 is 5.48 Å². The molecule has 2 nitrogen and oxygen atoms in total. The summed E-state index contributed by atoms with van der Waals surface area (Å²) in [5.41, 5.74) is 5.52. The van der Waals surface area contributed by atoms with Gasteiger partial charge in [-0.15, -0.1) is 0 Å². The molecule has 106 valence electrons. The van der Waals surface area contributed by atoms with Crippen molar-refractivity contribution in [3.05, 3.63) is 70.7 Å². The molecule has 0 radical (unpaired) electrons. The van der Waals surface area contributed by atoms with Gasteiger partial charge in [-0.1, -0.05) is 67.4 Å². The lowest BCUT2D eigenvalue weighted by Crippen LogP contribution is -2.21. The first kappa shape index (κ1) is 15.0. The van der Waals surface area contributed by atoms with Crippen molar-refractivity contribution in [2.24, 2.45) is 0 Å². The van der Waals surface area contributed by atoms with Crippen LogP contribution >= 0.6 is 11.6 Å². The summed E-state index contributed by atoms with van der Waals surface area (Å²) < 4.78 is 0. The van der Waals surface area contributed by atoms with Gasteiger partial charge in [0, 0.05) is 5.02 Å². The molecule has 0 saturated heterocycles. The monoisotopic (exact) mass is 289 g/mol. The maximum Gasteiger partial charge on any atom is 0.0933 e. The third-order valence-corrected chi connectivity index (χ3v) is 3.41. The molecule has 0 heterocycles. The van der Waals surface area contributed by atoms with Crippen molar-refractivity contribution in [2.75, 3.05) is 0 Å². The zero-order chi connectivity index (χ0) is 14.2. The Bertz CT molecular complexity index is 498. The summed E-state index contributed by atoms with van der Waals surface area (Å²) in [6, 6.07) is 18.3. The van der Waals surface area contributed by atoms with Gasteiger partial charge >= 0.3 is 0 Å². The molecule has 0 spiro atoms. The van der Waals surface area contributed by atoms with Gasteiger partial charge in [-0.25, -0.2) is 0 Å². The summed E-state index contributed by atoms with van der Waals surface area (Å²) in [5.74, 6) is 0. The van der Waals surface area contributed by atoms with Crippen LogP contribution in [0.2, 0.25) is 5.02 Å². The second kappa shape index (κ2) is 8.05. The van der Waals surface area contributed by atoms with Gasteiger partial charge in [0.15, 0.2) is 0 Å². The van der Waals surface area contributed by atoms with Crippen LogP contribution in [0.15, 0.2) is 54.6 Å². The topological polar surface area (TPSA) is 21.3 Å². The predicted molar refractivity (Wildman–Crippen MR) is 83.5 cm³/mol. The van der Waals surface area contributed by atoms with Gasteiger partial charge in [0.05, 0.1) is 12.6 Å². The lowest BCUT2D eigenvalue weighted by Gasteiger charge is -2.18. The van der Waals surface area contributed by atoms with Gasteiger partial charge in [0.1, 0.15) is 0 Å². The number of rotatable bonds is 7. The van der Waals surface area contributed by atoms with E-state index in [1.807, 2.05) is 42.5 Å². The number of nitrogens with one attached hydrogen (secondary N) is 1. The average Bonchev–Trinajstić information content (AvgIpc) is 2.48. The Morgan fingerprint density at radius 2 is 1.75 bits per heavy atom. The Labute approximate surface area is 125 Å². The summed E-state index contributed by atoms with van der Waals surface area (Å²) in [4.78, 5) is 5.64. The van der Waals surface area contributed by atoms with Gasteiger partial charge in [-0.2, -0.15) is 5.48 Å².